The van der Waals surface area contributed by atoms with Crippen molar-refractivity contribution in [3.63, 3.8) is 0 Å². The Morgan fingerprint density at radius 3 is 2.43 bits per heavy atom. The van der Waals surface area contributed by atoms with E-state index in [9.17, 15) is 26.4 Å². The van der Waals surface area contributed by atoms with Gasteiger partial charge in [-0.3, -0.25) is 0 Å². The molecule has 118 valence electrons. The van der Waals surface area contributed by atoms with Crippen molar-refractivity contribution in [2.75, 3.05) is 6.54 Å². The molecular weight excluding hydrogens is 339 g/mol. The lowest BCUT2D eigenvalue weighted by atomic mass is 10.2. The molecule has 1 aromatic rings. The van der Waals surface area contributed by atoms with Crippen molar-refractivity contribution in [1.29, 1.82) is 0 Å². The number of aromatic carboxylic acids is 1. The van der Waals surface area contributed by atoms with E-state index in [2.05, 4.69) is 4.74 Å². The molecule has 0 saturated heterocycles. The molecule has 0 radical (unpaired) electrons. The molecule has 2 N–H and O–H groups in total. The zero-order chi connectivity index (χ0) is 16.4. The highest BCUT2D eigenvalue weighted by Gasteiger charge is 2.36. The van der Waals surface area contributed by atoms with Crippen LogP contribution in [0.4, 0.5) is 13.2 Å². The van der Waals surface area contributed by atoms with Gasteiger partial charge in [0.1, 0.15) is 4.90 Å². The highest BCUT2D eigenvalue weighted by Crippen LogP contribution is 2.36. The number of carboxylic acid groups (broad SMARTS) is 1. The zero-order valence-electron chi connectivity index (χ0n) is 10.4. The second-order valence-electron chi connectivity index (χ2n) is 3.61. The molecule has 0 aliphatic rings. The molecule has 21 heavy (non-hydrogen) atoms. The Kier molecular flexibility index (Phi) is 5.07. The standard InChI is InChI=1S/C10H9ClF3NO5S/c1-2-15-21(18,19)8-6(20-10(12,13)14)4-3-5(7(8)11)9(16)17/h3-4,15H,2H2,1H3,(H,16,17). The Morgan fingerprint density at radius 1 is 1.43 bits per heavy atom. The number of sulfonamides is 1. The normalized spacial score (nSPS) is 12.2. The monoisotopic (exact) mass is 347 g/mol. The number of halogens is 4. The molecule has 0 aliphatic heterocycles. The van der Waals surface area contributed by atoms with Crippen LogP contribution in [0, 0.1) is 0 Å². The molecule has 1 aromatic carbocycles. The van der Waals surface area contributed by atoms with Gasteiger partial charge in [0.2, 0.25) is 10.0 Å². The molecule has 0 spiro atoms. The SMILES string of the molecule is CCNS(=O)(=O)c1c(OC(F)(F)F)ccc(C(=O)O)c1Cl. The Hall–Kier alpha value is -1.52. The van der Waals surface area contributed by atoms with Crippen molar-refractivity contribution in [3.8, 4) is 5.75 Å². The Balaban J connectivity index is 3.60. The van der Waals surface area contributed by atoms with Gasteiger partial charge < -0.3 is 9.84 Å². The van der Waals surface area contributed by atoms with E-state index in [1.807, 2.05) is 4.72 Å². The van der Waals surface area contributed by atoms with E-state index < -0.39 is 43.6 Å². The van der Waals surface area contributed by atoms with Crippen LogP contribution in [0.15, 0.2) is 17.0 Å². The van der Waals surface area contributed by atoms with Crippen LogP contribution in [0.1, 0.15) is 17.3 Å². The van der Waals surface area contributed by atoms with Crippen LogP contribution in [-0.2, 0) is 10.0 Å². The lowest BCUT2D eigenvalue weighted by molar-refractivity contribution is -0.275. The topological polar surface area (TPSA) is 92.7 Å². The number of carboxylic acids is 1. The fourth-order valence-electron chi connectivity index (χ4n) is 1.42. The quantitative estimate of drug-likeness (QED) is 0.852. The van der Waals surface area contributed by atoms with Crippen LogP contribution in [-0.4, -0.2) is 32.4 Å². The van der Waals surface area contributed by atoms with E-state index in [-0.39, 0.29) is 6.54 Å². The lowest BCUT2D eigenvalue weighted by Crippen LogP contribution is -2.26. The fraction of sp³-hybridized carbons (Fsp3) is 0.300. The number of benzene rings is 1. The molecule has 0 heterocycles. The maximum atomic E-state index is 12.3. The molecule has 0 bridgehead atoms. The van der Waals surface area contributed by atoms with E-state index in [4.69, 9.17) is 16.7 Å². The number of nitrogens with one attached hydrogen (secondary N) is 1. The van der Waals surface area contributed by atoms with E-state index in [1.54, 1.807) is 0 Å². The van der Waals surface area contributed by atoms with Gasteiger partial charge >= 0.3 is 12.3 Å². The number of ether oxygens (including phenoxy) is 1. The summed E-state index contributed by atoms with van der Waals surface area (Å²) in [6.45, 7) is 1.25. The minimum absolute atomic E-state index is 0.137. The molecule has 0 saturated carbocycles. The summed E-state index contributed by atoms with van der Waals surface area (Å²) in [6, 6.07) is 1.30. The molecular formula is C10H9ClF3NO5S. The smallest absolute Gasteiger partial charge is 0.478 e. The molecule has 11 heteroatoms. The number of hydrogen-bond acceptors (Lipinski definition) is 4. The first-order chi connectivity index (χ1) is 9.49. The van der Waals surface area contributed by atoms with Gasteiger partial charge in [-0.1, -0.05) is 18.5 Å². The van der Waals surface area contributed by atoms with Gasteiger partial charge in [0, 0.05) is 6.54 Å². The zero-order valence-corrected chi connectivity index (χ0v) is 11.9. The number of rotatable bonds is 5. The number of alkyl halides is 3. The highest BCUT2D eigenvalue weighted by molar-refractivity contribution is 7.89. The molecule has 0 atom stereocenters. The van der Waals surface area contributed by atoms with Gasteiger partial charge in [-0.25, -0.2) is 17.9 Å². The van der Waals surface area contributed by atoms with Crippen molar-refractivity contribution in [1.82, 2.24) is 4.72 Å². The molecule has 0 aromatic heterocycles. The van der Waals surface area contributed by atoms with Crippen molar-refractivity contribution in [2.45, 2.75) is 18.2 Å². The van der Waals surface area contributed by atoms with Crippen LogP contribution in [0.25, 0.3) is 0 Å². The maximum absolute atomic E-state index is 12.3. The summed E-state index contributed by atoms with van der Waals surface area (Å²) in [5, 5.41) is 7.98. The summed E-state index contributed by atoms with van der Waals surface area (Å²) in [6.07, 6.45) is -5.16. The van der Waals surface area contributed by atoms with E-state index in [0.717, 1.165) is 6.07 Å². The van der Waals surface area contributed by atoms with Crippen molar-refractivity contribution in [2.24, 2.45) is 0 Å². The highest BCUT2D eigenvalue weighted by atomic mass is 35.5. The van der Waals surface area contributed by atoms with Gasteiger partial charge in [-0.05, 0) is 12.1 Å². The Morgan fingerprint density at radius 2 is 2.00 bits per heavy atom. The predicted octanol–water partition coefficient (Wildman–Crippen LogP) is 2.23. The summed E-state index contributed by atoms with van der Waals surface area (Å²) in [4.78, 5) is 9.81. The Bertz CT molecular complexity index is 659. The summed E-state index contributed by atoms with van der Waals surface area (Å²) in [5.74, 6) is -2.70. The van der Waals surface area contributed by atoms with Crippen LogP contribution in [0.5, 0.6) is 5.75 Å². The molecule has 0 fully saturated rings. The fourth-order valence-corrected chi connectivity index (χ4v) is 3.21. The molecule has 1 rings (SSSR count). The summed E-state index contributed by atoms with van der Waals surface area (Å²) in [7, 11) is -4.47. The first-order valence-electron chi connectivity index (χ1n) is 5.30. The average molecular weight is 348 g/mol. The van der Waals surface area contributed by atoms with Crippen LogP contribution in [0.3, 0.4) is 0 Å². The van der Waals surface area contributed by atoms with Crippen LogP contribution in [0.2, 0.25) is 5.02 Å². The lowest BCUT2D eigenvalue weighted by Gasteiger charge is -2.16. The molecule has 0 aliphatic carbocycles. The minimum Gasteiger partial charge on any atom is -0.478 e. The van der Waals surface area contributed by atoms with Crippen molar-refractivity contribution < 1.29 is 36.2 Å². The summed E-state index contributed by atoms with van der Waals surface area (Å²) in [5.41, 5.74) is -0.664. The molecule has 0 amide bonds. The molecule has 6 nitrogen and oxygen atoms in total. The van der Waals surface area contributed by atoms with Gasteiger partial charge in [0.05, 0.1) is 10.6 Å². The predicted molar refractivity (Wildman–Crippen MR) is 66.0 cm³/mol. The van der Waals surface area contributed by atoms with Gasteiger partial charge in [-0.2, -0.15) is 0 Å². The molecule has 0 unspecified atom stereocenters. The third-order valence-electron chi connectivity index (χ3n) is 2.12. The second kappa shape index (κ2) is 6.08. The van der Waals surface area contributed by atoms with Crippen LogP contribution < -0.4 is 9.46 Å². The second-order valence-corrected chi connectivity index (χ2v) is 5.69. The largest absolute Gasteiger partial charge is 0.573 e. The summed E-state index contributed by atoms with van der Waals surface area (Å²) < 4.78 is 66.2. The minimum atomic E-state index is -5.16. The number of carbonyl (C=O) groups is 1. The van der Waals surface area contributed by atoms with Gasteiger partial charge in [0.25, 0.3) is 0 Å². The van der Waals surface area contributed by atoms with Gasteiger partial charge in [-0.15, -0.1) is 13.2 Å². The van der Waals surface area contributed by atoms with Crippen molar-refractivity contribution in [3.05, 3.63) is 22.7 Å². The first-order valence-corrected chi connectivity index (χ1v) is 7.17. The number of hydrogen-bond donors (Lipinski definition) is 2. The van der Waals surface area contributed by atoms with E-state index in [0.29, 0.717) is 6.07 Å². The Labute approximate surface area is 122 Å². The van der Waals surface area contributed by atoms with E-state index in [1.165, 1.54) is 6.92 Å². The van der Waals surface area contributed by atoms with E-state index >= 15 is 0 Å². The third-order valence-corrected chi connectivity index (χ3v) is 4.24. The first kappa shape index (κ1) is 17.5. The van der Waals surface area contributed by atoms with Crippen molar-refractivity contribution >= 4 is 27.6 Å². The third kappa shape index (κ3) is 4.22. The maximum Gasteiger partial charge on any atom is 0.573 e. The average Bonchev–Trinajstić information content (AvgIpc) is 2.25. The van der Waals surface area contributed by atoms with Crippen LogP contribution >= 0.6 is 11.6 Å². The van der Waals surface area contributed by atoms with Gasteiger partial charge in [0.15, 0.2) is 5.75 Å². The summed E-state index contributed by atoms with van der Waals surface area (Å²) >= 11 is 5.61.